The lowest BCUT2D eigenvalue weighted by Crippen LogP contribution is -2.33. The quantitative estimate of drug-likeness (QED) is 0.347. The van der Waals surface area contributed by atoms with Crippen LogP contribution in [0.1, 0.15) is 61.8 Å². The van der Waals surface area contributed by atoms with Crippen molar-refractivity contribution < 1.29 is 21.6 Å². The molecule has 0 aliphatic carbocycles. The molecule has 0 spiro atoms. The maximum Gasteiger partial charge on any atom is 0.416 e. The molecule has 35 heavy (non-hydrogen) atoms. The molecular formula is C26H36F3N3O2S. The summed E-state index contributed by atoms with van der Waals surface area (Å²) in [5, 5.41) is 6.44. The Bertz CT molecular complexity index is 1060. The zero-order chi connectivity index (χ0) is 25.6. The number of hydrogen-bond acceptors (Lipinski definition) is 4. The Labute approximate surface area is 206 Å². The first-order chi connectivity index (χ1) is 16.5. The summed E-state index contributed by atoms with van der Waals surface area (Å²) in [5.74, 6) is 0.145. The highest BCUT2D eigenvalue weighted by molar-refractivity contribution is 7.89. The van der Waals surface area contributed by atoms with Gasteiger partial charge in [0, 0.05) is 12.2 Å². The zero-order valence-electron chi connectivity index (χ0n) is 20.5. The molecule has 194 valence electrons. The molecule has 0 aromatic heterocycles. The monoisotopic (exact) mass is 511 g/mol. The maximum absolute atomic E-state index is 13.4. The second kappa shape index (κ2) is 11.8. The molecule has 0 amide bonds. The van der Waals surface area contributed by atoms with Gasteiger partial charge < -0.3 is 10.6 Å². The number of nitrogens with one attached hydrogen (secondary N) is 3. The summed E-state index contributed by atoms with van der Waals surface area (Å²) in [7, 11) is -1.54. The SMILES string of the molecule is CNCCCS(=O)(=O)NC[C@H](C)CC[C@@H]1[C@H](C)c2cc(C(F)(F)F)ccc2N[C@H]1c1ccccc1. The van der Waals surface area contributed by atoms with E-state index in [0.717, 1.165) is 30.2 Å². The first-order valence-corrected chi connectivity index (χ1v) is 13.8. The highest BCUT2D eigenvalue weighted by atomic mass is 32.2. The van der Waals surface area contributed by atoms with Gasteiger partial charge in [0.25, 0.3) is 0 Å². The predicted octanol–water partition coefficient (Wildman–Crippen LogP) is 5.54. The van der Waals surface area contributed by atoms with Crippen LogP contribution >= 0.6 is 0 Å². The van der Waals surface area contributed by atoms with Crippen molar-refractivity contribution in [1.82, 2.24) is 10.0 Å². The molecule has 1 aliphatic rings. The highest BCUT2D eigenvalue weighted by Gasteiger charge is 2.37. The molecule has 2 aromatic rings. The van der Waals surface area contributed by atoms with E-state index in [1.165, 1.54) is 12.1 Å². The van der Waals surface area contributed by atoms with Crippen LogP contribution in [0.5, 0.6) is 0 Å². The van der Waals surface area contributed by atoms with Crippen molar-refractivity contribution in [2.24, 2.45) is 11.8 Å². The summed E-state index contributed by atoms with van der Waals surface area (Å²) < 4.78 is 67.3. The van der Waals surface area contributed by atoms with Crippen LogP contribution in [-0.2, 0) is 16.2 Å². The zero-order valence-corrected chi connectivity index (χ0v) is 21.3. The number of alkyl halides is 3. The van der Waals surface area contributed by atoms with E-state index in [1.54, 1.807) is 7.05 Å². The molecule has 0 fully saturated rings. The molecular weight excluding hydrogens is 475 g/mol. The lowest BCUT2D eigenvalue weighted by atomic mass is 9.73. The average Bonchev–Trinajstić information content (AvgIpc) is 2.82. The third-order valence-electron chi connectivity index (χ3n) is 6.89. The van der Waals surface area contributed by atoms with Crippen LogP contribution in [0.2, 0.25) is 0 Å². The Balaban J connectivity index is 1.74. The Morgan fingerprint density at radius 3 is 2.49 bits per heavy atom. The molecule has 5 nitrogen and oxygen atoms in total. The van der Waals surface area contributed by atoms with Gasteiger partial charge in [0.2, 0.25) is 10.0 Å². The predicted molar refractivity (Wildman–Crippen MR) is 135 cm³/mol. The summed E-state index contributed by atoms with van der Waals surface area (Å²) in [4.78, 5) is 0. The van der Waals surface area contributed by atoms with E-state index in [-0.39, 0.29) is 29.5 Å². The van der Waals surface area contributed by atoms with Gasteiger partial charge in [-0.25, -0.2) is 13.1 Å². The van der Waals surface area contributed by atoms with Gasteiger partial charge >= 0.3 is 6.18 Å². The molecule has 3 N–H and O–H groups in total. The van der Waals surface area contributed by atoms with Crippen molar-refractivity contribution in [2.75, 3.05) is 31.2 Å². The summed E-state index contributed by atoms with van der Waals surface area (Å²) in [6, 6.07) is 13.8. The Morgan fingerprint density at radius 2 is 1.83 bits per heavy atom. The van der Waals surface area contributed by atoms with Crippen molar-refractivity contribution in [3.8, 4) is 0 Å². The number of sulfonamides is 1. The van der Waals surface area contributed by atoms with Crippen LogP contribution in [-0.4, -0.2) is 34.3 Å². The molecule has 9 heteroatoms. The van der Waals surface area contributed by atoms with E-state index in [1.807, 2.05) is 44.2 Å². The van der Waals surface area contributed by atoms with E-state index in [9.17, 15) is 21.6 Å². The van der Waals surface area contributed by atoms with Crippen molar-refractivity contribution in [3.05, 3.63) is 65.2 Å². The van der Waals surface area contributed by atoms with E-state index in [2.05, 4.69) is 15.4 Å². The van der Waals surface area contributed by atoms with Gasteiger partial charge in [0.1, 0.15) is 0 Å². The summed E-state index contributed by atoms with van der Waals surface area (Å²) in [6.07, 6.45) is -2.33. The van der Waals surface area contributed by atoms with Crippen LogP contribution in [0.4, 0.5) is 18.9 Å². The number of hydrogen-bond donors (Lipinski definition) is 3. The standard InChI is InChI=1S/C26H36F3N3O2S/c1-18(17-31-35(33,34)15-7-14-30-3)10-12-22-19(2)23-16-21(26(27,28)29)11-13-24(23)32-25(22)20-8-5-4-6-9-20/h4-6,8-9,11,13,16,18-19,22,25,30-32H,7,10,12,14-15,17H2,1-3H3/t18-,19+,22-,25+/m1/s1. The van der Waals surface area contributed by atoms with Crippen molar-refractivity contribution in [3.63, 3.8) is 0 Å². The summed E-state index contributed by atoms with van der Waals surface area (Å²) in [5.41, 5.74) is 1.86. The second-order valence-electron chi connectivity index (χ2n) is 9.59. The Morgan fingerprint density at radius 1 is 1.11 bits per heavy atom. The normalized spacial score (nSPS) is 21.3. The minimum absolute atomic E-state index is 0.0409. The van der Waals surface area contributed by atoms with Crippen molar-refractivity contribution in [1.29, 1.82) is 0 Å². The Kier molecular flexibility index (Phi) is 9.23. The van der Waals surface area contributed by atoms with E-state index in [4.69, 9.17) is 0 Å². The van der Waals surface area contributed by atoms with Gasteiger partial charge in [-0.3, -0.25) is 0 Å². The highest BCUT2D eigenvalue weighted by Crippen LogP contribution is 2.48. The molecule has 0 bridgehead atoms. The fourth-order valence-electron chi connectivity index (χ4n) is 4.81. The topological polar surface area (TPSA) is 70.2 Å². The first-order valence-electron chi connectivity index (χ1n) is 12.2. The van der Waals surface area contributed by atoms with Crippen LogP contribution < -0.4 is 15.4 Å². The molecule has 1 heterocycles. The van der Waals surface area contributed by atoms with Gasteiger partial charge in [-0.15, -0.1) is 0 Å². The van der Waals surface area contributed by atoms with Gasteiger partial charge in [-0.2, -0.15) is 13.2 Å². The number of halogens is 3. The third-order valence-corrected chi connectivity index (χ3v) is 8.33. The molecule has 0 radical (unpaired) electrons. The van der Waals surface area contributed by atoms with Crippen LogP contribution in [0, 0.1) is 11.8 Å². The second-order valence-corrected chi connectivity index (χ2v) is 11.5. The smallest absolute Gasteiger partial charge is 0.378 e. The number of anilines is 1. The largest absolute Gasteiger partial charge is 0.416 e. The third kappa shape index (κ3) is 7.44. The average molecular weight is 512 g/mol. The van der Waals surface area contributed by atoms with Gasteiger partial charge in [-0.05, 0) is 79.9 Å². The molecule has 0 saturated heterocycles. The molecule has 1 aliphatic heterocycles. The minimum atomic E-state index is -4.39. The van der Waals surface area contributed by atoms with Crippen molar-refractivity contribution in [2.45, 2.75) is 51.2 Å². The summed E-state index contributed by atoms with van der Waals surface area (Å²) >= 11 is 0. The van der Waals surface area contributed by atoms with E-state index >= 15 is 0 Å². The fraction of sp³-hybridized carbons (Fsp3) is 0.538. The van der Waals surface area contributed by atoms with Gasteiger partial charge in [0.15, 0.2) is 0 Å². The number of rotatable bonds is 11. The number of fused-ring (bicyclic) bond motifs is 1. The molecule has 0 unspecified atom stereocenters. The lowest BCUT2D eigenvalue weighted by molar-refractivity contribution is -0.137. The fourth-order valence-corrected chi connectivity index (χ4v) is 6.02. The molecule has 3 rings (SSSR count). The van der Waals surface area contributed by atoms with E-state index in [0.29, 0.717) is 25.1 Å². The van der Waals surface area contributed by atoms with Crippen LogP contribution in [0.25, 0.3) is 0 Å². The first kappa shape index (κ1) is 27.5. The van der Waals surface area contributed by atoms with Crippen LogP contribution in [0.3, 0.4) is 0 Å². The minimum Gasteiger partial charge on any atom is -0.378 e. The molecule has 4 atom stereocenters. The van der Waals surface area contributed by atoms with Crippen LogP contribution in [0.15, 0.2) is 48.5 Å². The lowest BCUT2D eigenvalue weighted by Gasteiger charge is -2.40. The summed E-state index contributed by atoms with van der Waals surface area (Å²) in [6.45, 7) is 4.99. The molecule has 0 saturated carbocycles. The van der Waals surface area contributed by atoms with Gasteiger partial charge in [0.05, 0.1) is 17.4 Å². The maximum atomic E-state index is 13.4. The van der Waals surface area contributed by atoms with Crippen molar-refractivity contribution >= 4 is 15.7 Å². The Hall–Kier alpha value is -2.10. The number of benzene rings is 2. The van der Waals surface area contributed by atoms with Gasteiger partial charge in [-0.1, -0.05) is 44.2 Å². The molecule has 2 aromatic carbocycles. The van der Waals surface area contributed by atoms with E-state index < -0.39 is 21.8 Å².